The number of amides is 1. The van der Waals surface area contributed by atoms with Gasteiger partial charge in [0, 0.05) is 35.6 Å². The number of piperidine rings is 1. The quantitative estimate of drug-likeness (QED) is 0.914. The Labute approximate surface area is 134 Å². The molecule has 0 bridgehead atoms. The Hall–Kier alpha value is -1.59. The molecule has 0 radical (unpaired) electrons. The number of rotatable bonds is 3. The minimum Gasteiger partial charge on any atom is -0.348 e. The van der Waals surface area contributed by atoms with Crippen LogP contribution in [0.2, 0.25) is 5.02 Å². The highest BCUT2D eigenvalue weighted by Gasteiger charge is 2.32. The Balaban J connectivity index is 1.44. The first kappa shape index (κ1) is 14.0. The zero-order valence-corrected chi connectivity index (χ0v) is 13.1. The standard InChI is InChI=1S/C16H19ClN4O/c17-10-1-4-14-13(9-10)15(20-19-14)16(22)18-11-5-7-21(8-6-11)12-2-3-12/h1,4,9,11-12H,2-3,5-8H2,(H,18,22)(H,19,20). The number of hydrogen-bond acceptors (Lipinski definition) is 3. The smallest absolute Gasteiger partial charge is 0.272 e. The summed E-state index contributed by atoms with van der Waals surface area (Å²) in [5, 5.41) is 11.5. The van der Waals surface area contributed by atoms with Gasteiger partial charge in [-0.25, -0.2) is 0 Å². The summed E-state index contributed by atoms with van der Waals surface area (Å²) in [6.07, 6.45) is 4.73. The Morgan fingerprint density at radius 3 is 2.77 bits per heavy atom. The van der Waals surface area contributed by atoms with Crippen molar-refractivity contribution in [3.8, 4) is 0 Å². The van der Waals surface area contributed by atoms with Crippen LogP contribution in [-0.4, -0.2) is 46.2 Å². The first-order valence-electron chi connectivity index (χ1n) is 7.89. The maximum Gasteiger partial charge on any atom is 0.272 e. The molecule has 1 aromatic carbocycles. The fourth-order valence-electron chi connectivity index (χ4n) is 3.26. The maximum absolute atomic E-state index is 12.5. The van der Waals surface area contributed by atoms with E-state index >= 15 is 0 Å². The molecular formula is C16H19ClN4O. The van der Waals surface area contributed by atoms with Gasteiger partial charge in [-0.2, -0.15) is 5.10 Å². The predicted molar refractivity (Wildman–Crippen MR) is 86.2 cm³/mol. The van der Waals surface area contributed by atoms with E-state index in [2.05, 4.69) is 20.4 Å². The zero-order valence-electron chi connectivity index (χ0n) is 12.3. The molecular weight excluding hydrogens is 300 g/mol. The second-order valence-corrected chi connectivity index (χ2v) is 6.71. The van der Waals surface area contributed by atoms with Crippen molar-refractivity contribution in [3.05, 3.63) is 28.9 Å². The van der Waals surface area contributed by atoms with Crippen molar-refractivity contribution < 1.29 is 4.79 Å². The first-order valence-corrected chi connectivity index (χ1v) is 8.27. The number of benzene rings is 1. The average Bonchev–Trinajstić information content (AvgIpc) is 3.28. The summed E-state index contributed by atoms with van der Waals surface area (Å²) in [7, 11) is 0. The van der Waals surface area contributed by atoms with Crippen molar-refractivity contribution in [1.29, 1.82) is 0 Å². The van der Waals surface area contributed by atoms with Gasteiger partial charge in [0.1, 0.15) is 0 Å². The molecule has 2 heterocycles. The third kappa shape index (κ3) is 2.71. The fourth-order valence-corrected chi connectivity index (χ4v) is 3.43. The Kier molecular flexibility index (Phi) is 3.54. The van der Waals surface area contributed by atoms with E-state index in [1.807, 2.05) is 6.07 Å². The zero-order chi connectivity index (χ0) is 15.1. The van der Waals surface area contributed by atoms with Crippen molar-refractivity contribution in [1.82, 2.24) is 20.4 Å². The van der Waals surface area contributed by atoms with Gasteiger partial charge in [0.2, 0.25) is 0 Å². The van der Waals surface area contributed by atoms with Crippen LogP contribution in [0.15, 0.2) is 18.2 Å². The summed E-state index contributed by atoms with van der Waals surface area (Å²) < 4.78 is 0. The Bertz CT molecular complexity index is 701. The molecule has 4 rings (SSSR count). The van der Waals surface area contributed by atoms with Crippen LogP contribution in [0, 0.1) is 0 Å². The lowest BCUT2D eigenvalue weighted by atomic mass is 10.0. The molecule has 22 heavy (non-hydrogen) atoms. The summed E-state index contributed by atoms with van der Waals surface area (Å²) in [5.74, 6) is -0.113. The number of H-pyrrole nitrogens is 1. The molecule has 116 valence electrons. The van der Waals surface area contributed by atoms with Gasteiger partial charge in [-0.15, -0.1) is 0 Å². The average molecular weight is 319 g/mol. The van der Waals surface area contributed by atoms with Crippen molar-refractivity contribution in [2.24, 2.45) is 0 Å². The SMILES string of the molecule is O=C(NC1CCN(C2CC2)CC1)c1n[nH]c2ccc(Cl)cc12. The van der Waals surface area contributed by atoms with E-state index < -0.39 is 0 Å². The van der Waals surface area contributed by atoms with Crippen molar-refractivity contribution in [2.75, 3.05) is 13.1 Å². The van der Waals surface area contributed by atoms with Crippen LogP contribution in [0.25, 0.3) is 10.9 Å². The van der Waals surface area contributed by atoms with Crippen LogP contribution < -0.4 is 5.32 Å². The molecule has 0 unspecified atom stereocenters. The van der Waals surface area contributed by atoms with E-state index in [0.717, 1.165) is 42.9 Å². The maximum atomic E-state index is 12.5. The molecule has 6 heteroatoms. The number of aromatic nitrogens is 2. The molecule has 2 fully saturated rings. The number of carbonyl (C=O) groups excluding carboxylic acids is 1. The number of carbonyl (C=O) groups is 1. The second kappa shape index (κ2) is 5.56. The lowest BCUT2D eigenvalue weighted by Crippen LogP contribution is -2.45. The lowest BCUT2D eigenvalue weighted by Gasteiger charge is -2.32. The number of nitrogens with one attached hydrogen (secondary N) is 2. The van der Waals surface area contributed by atoms with E-state index in [4.69, 9.17) is 11.6 Å². The highest BCUT2D eigenvalue weighted by Crippen LogP contribution is 2.29. The molecule has 2 aliphatic rings. The minimum atomic E-state index is -0.113. The van der Waals surface area contributed by atoms with Crippen LogP contribution in [0.4, 0.5) is 0 Å². The number of likely N-dealkylation sites (tertiary alicyclic amines) is 1. The van der Waals surface area contributed by atoms with E-state index in [1.54, 1.807) is 12.1 Å². The van der Waals surface area contributed by atoms with Crippen molar-refractivity contribution in [2.45, 2.75) is 37.8 Å². The molecule has 1 saturated heterocycles. The van der Waals surface area contributed by atoms with E-state index in [9.17, 15) is 4.79 Å². The monoisotopic (exact) mass is 318 g/mol. The third-order valence-corrected chi connectivity index (χ3v) is 4.90. The lowest BCUT2D eigenvalue weighted by molar-refractivity contribution is 0.0905. The van der Waals surface area contributed by atoms with E-state index in [-0.39, 0.29) is 11.9 Å². The van der Waals surface area contributed by atoms with Crippen LogP contribution in [0.5, 0.6) is 0 Å². The first-order chi connectivity index (χ1) is 10.7. The van der Waals surface area contributed by atoms with Crippen LogP contribution in [-0.2, 0) is 0 Å². The summed E-state index contributed by atoms with van der Waals surface area (Å²) >= 11 is 6.02. The van der Waals surface area contributed by atoms with Gasteiger partial charge < -0.3 is 10.2 Å². The number of aromatic amines is 1. The molecule has 0 atom stereocenters. The molecule has 1 saturated carbocycles. The minimum absolute atomic E-state index is 0.113. The van der Waals surface area contributed by atoms with Crippen molar-refractivity contribution in [3.63, 3.8) is 0 Å². The van der Waals surface area contributed by atoms with Crippen LogP contribution in [0.3, 0.4) is 0 Å². The molecule has 1 aliphatic carbocycles. The van der Waals surface area contributed by atoms with Gasteiger partial charge in [-0.3, -0.25) is 9.89 Å². The molecule has 5 nitrogen and oxygen atoms in total. The van der Waals surface area contributed by atoms with Crippen molar-refractivity contribution >= 4 is 28.4 Å². The van der Waals surface area contributed by atoms with E-state index in [1.165, 1.54) is 12.8 Å². The fraction of sp³-hybridized carbons (Fsp3) is 0.500. The van der Waals surface area contributed by atoms with Gasteiger partial charge in [-0.05, 0) is 43.9 Å². The Morgan fingerprint density at radius 1 is 1.27 bits per heavy atom. The highest BCUT2D eigenvalue weighted by molar-refractivity contribution is 6.31. The molecule has 1 aromatic heterocycles. The van der Waals surface area contributed by atoms with Gasteiger partial charge in [-0.1, -0.05) is 11.6 Å². The third-order valence-electron chi connectivity index (χ3n) is 4.67. The largest absolute Gasteiger partial charge is 0.348 e. The number of fused-ring (bicyclic) bond motifs is 1. The summed E-state index contributed by atoms with van der Waals surface area (Å²) in [6.45, 7) is 2.17. The van der Waals surface area contributed by atoms with Gasteiger partial charge in [0.15, 0.2) is 5.69 Å². The van der Waals surface area contributed by atoms with Crippen LogP contribution in [0.1, 0.15) is 36.2 Å². The van der Waals surface area contributed by atoms with Gasteiger partial charge >= 0.3 is 0 Å². The van der Waals surface area contributed by atoms with E-state index in [0.29, 0.717) is 10.7 Å². The normalized spacial score (nSPS) is 20.4. The number of hydrogen-bond donors (Lipinski definition) is 2. The van der Waals surface area contributed by atoms with Crippen LogP contribution >= 0.6 is 11.6 Å². The molecule has 1 amide bonds. The molecule has 2 aromatic rings. The topological polar surface area (TPSA) is 61.0 Å². The molecule has 0 spiro atoms. The predicted octanol–water partition coefficient (Wildman–Crippen LogP) is 2.57. The molecule has 1 aliphatic heterocycles. The number of halogens is 1. The number of nitrogens with zero attached hydrogens (tertiary/aromatic N) is 2. The summed E-state index contributed by atoms with van der Waals surface area (Å²) in [5.41, 5.74) is 1.26. The molecule has 2 N–H and O–H groups in total. The van der Waals surface area contributed by atoms with Gasteiger partial charge in [0.05, 0.1) is 5.52 Å². The van der Waals surface area contributed by atoms with Gasteiger partial charge in [0.25, 0.3) is 5.91 Å². The second-order valence-electron chi connectivity index (χ2n) is 6.28. The highest BCUT2D eigenvalue weighted by atomic mass is 35.5. The summed E-state index contributed by atoms with van der Waals surface area (Å²) in [6, 6.07) is 6.47. The summed E-state index contributed by atoms with van der Waals surface area (Å²) in [4.78, 5) is 15.0. The Morgan fingerprint density at radius 2 is 2.05 bits per heavy atom.